The van der Waals surface area contributed by atoms with Crippen molar-refractivity contribution in [2.24, 2.45) is 0 Å². The summed E-state index contributed by atoms with van der Waals surface area (Å²) < 4.78 is 34.2. The van der Waals surface area contributed by atoms with Gasteiger partial charge in [-0.1, -0.05) is 30.0 Å². The number of sulfonamides is 1. The molecule has 1 aromatic carbocycles. The van der Waals surface area contributed by atoms with Crippen molar-refractivity contribution in [3.8, 4) is 0 Å². The quantitative estimate of drug-likeness (QED) is 0.621. The van der Waals surface area contributed by atoms with E-state index in [9.17, 15) is 8.42 Å². The minimum atomic E-state index is -3.48. The Morgan fingerprint density at radius 3 is 2.77 bits per heavy atom. The minimum Gasteiger partial charge on any atom is -0.379 e. The highest BCUT2D eigenvalue weighted by Crippen LogP contribution is 2.24. The molecule has 0 amide bonds. The van der Waals surface area contributed by atoms with Crippen LogP contribution in [0.2, 0.25) is 0 Å². The SMILES string of the molecule is O=S(=O)(c1cccc(CSc2nnc3ccccn23)c1)N1CCOCC1. The standard InChI is InChI=1S/C17H18N4O3S2/c22-26(23,20-8-10-24-11-9-20)15-5-3-4-14(12-15)13-25-17-19-18-16-6-1-2-7-21(16)17/h1-7,12H,8-11,13H2. The normalized spacial score (nSPS) is 16.2. The van der Waals surface area contributed by atoms with E-state index < -0.39 is 10.0 Å². The Bertz CT molecular complexity index is 1010. The molecular weight excluding hydrogens is 372 g/mol. The highest BCUT2D eigenvalue weighted by atomic mass is 32.2. The number of thioether (sulfide) groups is 1. The van der Waals surface area contributed by atoms with E-state index in [1.54, 1.807) is 18.2 Å². The molecule has 0 aliphatic carbocycles. The molecular formula is C17H18N4O3S2. The molecule has 1 aliphatic rings. The molecule has 3 aromatic rings. The Morgan fingerprint density at radius 1 is 1.08 bits per heavy atom. The van der Waals surface area contributed by atoms with Crippen LogP contribution in [0.5, 0.6) is 0 Å². The van der Waals surface area contributed by atoms with Crippen LogP contribution in [0.1, 0.15) is 5.56 Å². The summed E-state index contributed by atoms with van der Waals surface area (Å²) in [5, 5.41) is 9.10. The maximum Gasteiger partial charge on any atom is 0.243 e. The molecule has 0 N–H and O–H groups in total. The van der Waals surface area contributed by atoms with E-state index in [1.165, 1.54) is 16.1 Å². The van der Waals surface area contributed by atoms with Gasteiger partial charge in [0.15, 0.2) is 10.8 Å². The number of rotatable bonds is 5. The average Bonchev–Trinajstić information content (AvgIpc) is 3.10. The van der Waals surface area contributed by atoms with Gasteiger partial charge in [-0.15, -0.1) is 10.2 Å². The summed E-state index contributed by atoms with van der Waals surface area (Å²) in [6, 6.07) is 12.8. The van der Waals surface area contributed by atoms with Gasteiger partial charge in [0.2, 0.25) is 10.0 Å². The van der Waals surface area contributed by atoms with Crippen molar-refractivity contribution < 1.29 is 13.2 Å². The zero-order valence-corrected chi connectivity index (χ0v) is 15.6. The number of benzene rings is 1. The van der Waals surface area contributed by atoms with Gasteiger partial charge in [-0.05, 0) is 29.8 Å². The van der Waals surface area contributed by atoms with Gasteiger partial charge >= 0.3 is 0 Å². The molecule has 0 bridgehead atoms. The number of fused-ring (bicyclic) bond motifs is 1. The number of morpholine rings is 1. The van der Waals surface area contributed by atoms with Crippen LogP contribution < -0.4 is 0 Å². The second-order valence-corrected chi connectivity index (χ2v) is 8.74. The molecule has 1 fully saturated rings. The highest BCUT2D eigenvalue weighted by molar-refractivity contribution is 7.98. The van der Waals surface area contributed by atoms with Crippen LogP contribution in [0.15, 0.2) is 58.7 Å². The van der Waals surface area contributed by atoms with Crippen LogP contribution in [0, 0.1) is 0 Å². The van der Waals surface area contributed by atoms with Crippen molar-refractivity contribution in [1.29, 1.82) is 0 Å². The smallest absolute Gasteiger partial charge is 0.243 e. The lowest BCUT2D eigenvalue weighted by atomic mass is 10.2. The highest BCUT2D eigenvalue weighted by Gasteiger charge is 2.26. The molecule has 136 valence electrons. The molecule has 0 spiro atoms. The van der Waals surface area contributed by atoms with Crippen molar-refractivity contribution in [1.82, 2.24) is 18.9 Å². The second kappa shape index (κ2) is 7.36. The van der Waals surface area contributed by atoms with Crippen molar-refractivity contribution in [2.75, 3.05) is 26.3 Å². The van der Waals surface area contributed by atoms with Gasteiger partial charge in [0.25, 0.3) is 0 Å². The Balaban J connectivity index is 1.52. The first-order chi connectivity index (χ1) is 12.6. The molecule has 9 heteroatoms. The zero-order chi connectivity index (χ0) is 18.0. The van der Waals surface area contributed by atoms with E-state index >= 15 is 0 Å². The van der Waals surface area contributed by atoms with Crippen LogP contribution in [0.25, 0.3) is 5.65 Å². The molecule has 26 heavy (non-hydrogen) atoms. The first-order valence-corrected chi connectivity index (χ1v) is 10.7. The molecule has 2 aromatic heterocycles. The number of pyridine rings is 1. The predicted molar refractivity (Wildman–Crippen MR) is 98.6 cm³/mol. The van der Waals surface area contributed by atoms with Crippen molar-refractivity contribution in [3.05, 3.63) is 54.2 Å². The Morgan fingerprint density at radius 2 is 1.92 bits per heavy atom. The summed E-state index contributed by atoms with van der Waals surface area (Å²) in [5.74, 6) is 0.613. The fourth-order valence-corrected chi connectivity index (χ4v) is 5.14. The third kappa shape index (κ3) is 3.48. The molecule has 1 saturated heterocycles. The van der Waals surface area contributed by atoms with E-state index in [-0.39, 0.29) is 0 Å². The lowest BCUT2D eigenvalue weighted by molar-refractivity contribution is 0.0730. The van der Waals surface area contributed by atoms with Gasteiger partial charge in [0.1, 0.15) is 0 Å². The first-order valence-electron chi connectivity index (χ1n) is 8.24. The van der Waals surface area contributed by atoms with Gasteiger partial charge in [-0.3, -0.25) is 4.40 Å². The Hall–Kier alpha value is -1.94. The van der Waals surface area contributed by atoms with Crippen LogP contribution in [-0.2, 0) is 20.5 Å². The van der Waals surface area contributed by atoms with E-state index in [4.69, 9.17) is 4.74 Å². The fraction of sp³-hybridized carbons (Fsp3) is 0.294. The first kappa shape index (κ1) is 17.5. The molecule has 0 radical (unpaired) electrons. The molecule has 0 atom stereocenters. The van der Waals surface area contributed by atoms with Crippen LogP contribution in [0.3, 0.4) is 0 Å². The second-order valence-electron chi connectivity index (χ2n) is 5.86. The third-order valence-electron chi connectivity index (χ3n) is 4.16. The van der Waals surface area contributed by atoms with E-state index in [0.717, 1.165) is 16.4 Å². The van der Waals surface area contributed by atoms with Crippen molar-refractivity contribution in [2.45, 2.75) is 15.8 Å². The topological polar surface area (TPSA) is 76.8 Å². The minimum absolute atomic E-state index is 0.323. The molecule has 3 heterocycles. The summed E-state index contributed by atoms with van der Waals surface area (Å²) in [6.45, 7) is 1.67. The molecule has 0 unspecified atom stereocenters. The van der Waals surface area contributed by atoms with Crippen LogP contribution in [0.4, 0.5) is 0 Å². The monoisotopic (exact) mass is 390 g/mol. The number of nitrogens with zero attached hydrogens (tertiary/aromatic N) is 4. The van der Waals surface area contributed by atoms with Gasteiger partial charge < -0.3 is 4.74 Å². The van der Waals surface area contributed by atoms with Crippen LogP contribution in [-0.4, -0.2) is 53.6 Å². The number of ether oxygens (including phenoxy) is 1. The summed E-state index contributed by atoms with van der Waals surface area (Å²) >= 11 is 1.53. The largest absolute Gasteiger partial charge is 0.379 e. The lowest BCUT2D eigenvalue weighted by Gasteiger charge is -2.26. The molecule has 1 aliphatic heterocycles. The maximum atomic E-state index is 12.8. The molecule has 4 rings (SSSR count). The number of hydrogen-bond donors (Lipinski definition) is 0. The lowest BCUT2D eigenvalue weighted by Crippen LogP contribution is -2.40. The van der Waals surface area contributed by atoms with E-state index in [0.29, 0.717) is 37.0 Å². The number of hydrogen-bond acceptors (Lipinski definition) is 6. The zero-order valence-electron chi connectivity index (χ0n) is 14.0. The molecule has 7 nitrogen and oxygen atoms in total. The summed E-state index contributed by atoms with van der Waals surface area (Å²) in [6.07, 6.45) is 1.91. The van der Waals surface area contributed by atoms with Gasteiger partial charge in [0.05, 0.1) is 18.1 Å². The summed E-state index contributed by atoms with van der Waals surface area (Å²) in [5.41, 5.74) is 1.72. The van der Waals surface area contributed by atoms with Crippen molar-refractivity contribution in [3.63, 3.8) is 0 Å². The van der Waals surface area contributed by atoms with Crippen molar-refractivity contribution >= 4 is 27.4 Å². The maximum absolute atomic E-state index is 12.8. The fourth-order valence-electron chi connectivity index (χ4n) is 2.80. The van der Waals surface area contributed by atoms with E-state index in [1.807, 2.05) is 34.9 Å². The molecule has 0 saturated carbocycles. The predicted octanol–water partition coefficient (Wildman–Crippen LogP) is 2.04. The number of aromatic nitrogens is 3. The average molecular weight is 390 g/mol. The summed E-state index contributed by atoms with van der Waals surface area (Å²) in [7, 11) is -3.48. The van der Waals surface area contributed by atoms with Gasteiger partial charge in [-0.2, -0.15) is 4.31 Å². The van der Waals surface area contributed by atoms with Gasteiger partial charge in [-0.25, -0.2) is 8.42 Å². The summed E-state index contributed by atoms with van der Waals surface area (Å²) in [4.78, 5) is 0.323. The third-order valence-corrected chi connectivity index (χ3v) is 7.07. The van der Waals surface area contributed by atoms with Gasteiger partial charge in [0, 0.05) is 25.0 Å². The Labute approximate surface area is 156 Å². The Kier molecular flexibility index (Phi) is 4.94. The van der Waals surface area contributed by atoms with Crippen LogP contribution >= 0.6 is 11.8 Å². The van der Waals surface area contributed by atoms with E-state index in [2.05, 4.69) is 10.2 Å².